The van der Waals surface area contributed by atoms with Crippen LogP contribution in [0.2, 0.25) is 0 Å². The SMILES string of the molecule is O=C(CN1CCN(c2cccc3c2cnn3-c2ccccc2F)C1=O)N[C@H]1CCC[C@@H]1OCc1ccccc1. The van der Waals surface area contributed by atoms with Gasteiger partial charge in [0.1, 0.15) is 18.0 Å². The fourth-order valence-corrected chi connectivity index (χ4v) is 5.53. The fraction of sp³-hybridized carbons (Fsp3) is 0.300. The highest BCUT2D eigenvalue weighted by Crippen LogP contribution is 2.31. The number of hydrogen-bond acceptors (Lipinski definition) is 4. The van der Waals surface area contributed by atoms with E-state index in [9.17, 15) is 14.0 Å². The molecule has 0 bridgehead atoms. The molecule has 0 radical (unpaired) electrons. The fourth-order valence-electron chi connectivity index (χ4n) is 5.53. The van der Waals surface area contributed by atoms with Crippen LogP contribution in [0.3, 0.4) is 0 Å². The number of amides is 3. The third-order valence-electron chi connectivity index (χ3n) is 7.50. The molecule has 1 aromatic heterocycles. The van der Waals surface area contributed by atoms with Gasteiger partial charge in [0, 0.05) is 18.5 Å². The average molecular weight is 528 g/mol. The van der Waals surface area contributed by atoms with E-state index >= 15 is 0 Å². The Labute approximate surface area is 226 Å². The Morgan fingerprint density at radius 3 is 2.62 bits per heavy atom. The van der Waals surface area contributed by atoms with Crippen molar-refractivity contribution in [2.24, 2.45) is 0 Å². The van der Waals surface area contributed by atoms with Crippen LogP contribution < -0.4 is 10.2 Å². The van der Waals surface area contributed by atoms with Gasteiger partial charge in [0.25, 0.3) is 0 Å². The first-order valence-corrected chi connectivity index (χ1v) is 13.3. The second-order valence-electron chi connectivity index (χ2n) is 10.0. The molecule has 3 amide bonds. The molecule has 2 fully saturated rings. The van der Waals surface area contributed by atoms with Gasteiger partial charge in [-0.1, -0.05) is 48.5 Å². The van der Waals surface area contributed by atoms with Gasteiger partial charge < -0.3 is 15.0 Å². The van der Waals surface area contributed by atoms with E-state index in [1.165, 1.54) is 10.7 Å². The number of urea groups is 1. The first kappa shape index (κ1) is 25.1. The molecule has 0 spiro atoms. The minimum absolute atomic E-state index is 0.0122. The average Bonchev–Trinajstić information content (AvgIpc) is 3.67. The van der Waals surface area contributed by atoms with E-state index in [1.807, 2.05) is 48.5 Å². The van der Waals surface area contributed by atoms with E-state index in [2.05, 4.69) is 10.4 Å². The molecule has 9 heteroatoms. The number of halogens is 1. The summed E-state index contributed by atoms with van der Waals surface area (Å²) in [6.45, 7) is 1.38. The van der Waals surface area contributed by atoms with Gasteiger partial charge in [-0.3, -0.25) is 9.69 Å². The summed E-state index contributed by atoms with van der Waals surface area (Å²) in [5.41, 5.74) is 2.83. The van der Waals surface area contributed by atoms with Gasteiger partial charge in [0.2, 0.25) is 5.91 Å². The van der Waals surface area contributed by atoms with Crippen molar-refractivity contribution in [3.05, 3.63) is 90.4 Å². The number of carbonyl (C=O) groups is 2. The summed E-state index contributed by atoms with van der Waals surface area (Å²) >= 11 is 0. The highest BCUT2D eigenvalue weighted by atomic mass is 19.1. The smallest absolute Gasteiger partial charge is 0.325 e. The molecule has 1 saturated carbocycles. The highest BCUT2D eigenvalue weighted by Gasteiger charge is 2.34. The van der Waals surface area contributed by atoms with E-state index in [1.54, 1.807) is 34.2 Å². The Hall–Kier alpha value is -4.24. The van der Waals surface area contributed by atoms with Crippen molar-refractivity contribution in [3.8, 4) is 5.69 Å². The maximum atomic E-state index is 14.4. The Kier molecular flexibility index (Phi) is 6.98. The van der Waals surface area contributed by atoms with Crippen molar-refractivity contribution in [2.45, 2.75) is 38.0 Å². The van der Waals surface area contributed by atoms with E-state index in [0.717, 1.165) is 30.2 Å². The molecular formula is C30H30FN5O3. The molecule has 2 atom stereocenters. The van der Waals surface area contributed by atoms with Gasteiger partial charge in [0.05, 0.1) is 36.2 Å². The number of hydrogen-bond donors (Lipinski definition) is 1. The molecule has 2 aliphatic rings. The third kappa shape index (κ3) is 5.09. The second kappa shape index (κ2) is 10.9. The Bertz CT molecular complexity index is 1490. The predicted octanol–water partition coefficient (Wildman–Crippen LogP) is 4.66. The summed E-state index contributed by atoms with van der Waals surface area (Å²) in [6, 6.07) is 21.7. The molecule has 1 saturated heterocycles. The summed E-state index contributed by atoms with van der Waals surface area (Å²) < 4.78 is 22.1. The first-order valence-electron chi connectivity index (χ1n) is 13.3. The van der Waals surface area contributed by atoms with Gasteiger partial charge in [-0.05, 0) is 49.1 Å². The molecule has 1 aliphatic heterocycles. The van der Waals surface area contributed by atoms with Crippen molar-refractivity contribution < 1.29 is 18.7 Å². The van der Waals surface area contributed by atoms with Crippen molar-refractivity contribution in [2.75, 3.05) is 24.5 Å². The number of para-hydroxylation sites is 1. The molecule has 39 heavy (non-hydrogen) atoms. The van der Waals surface area contributed by atoms with Crippen molar-refractivity contribution in [3.63, 3.8) is 0 Å². The number of rotatable bonds is 8. The summed E-state index contributed by atoms with van der Waals surface area (Å²) in [5, 5.41) is 8.24. The second-order valence-corrected chi connectivity index (χ2v) is 10.0. The number of benzene rings is 3. The highest BCUT2D eigenvalue weighted by molar-refractivity contribution is 6.04. The predicted molar refractivity (Wildman–Crippen MR) is 146 cm³/mol. The lowest BCUT2D eigenvalue weighted by Gasteiger charge is -2.23. The summed E-state index contributed by atoms with van der Waals surface area (Å²) in [7, 11) is 0. The van der Waals surface area contributed by atoms with Crippen LogP contribution in [0.15, 0.2) is 79.0 Å². The number of carbonyl (C=O) groups excluding carboxylic acids is 2. The lowest BCUT2D eigenvalue weighted by Crippen LogP contribution is -2.46. The van der Waals surface area contributed by atoms with Crippen LogP contribution in [0, 0.1) is 5.82 Å². The molecule has 8 nitrogen and oxygen atoms in total. The van der Waals surface area contributed by atoms with Gasteiger partial charge in [0.15, 0.2) is 0 Å². The molecule has 2 heterocycles. The maximum absolute atomic E-state index is 14.4. The third-order valence-corrected chi connectivity index (χ3v) is 7.50. The summed E-state index contributed by atoms with van der Waals surface area (Å²) in [6.07, 6.45) is 4.36. The number of nitrogens with one attached hydrogen (secondary N) is 1. The molecule has 4 aromatic rings. The van der Waals surface area contributed by atoms with Crippen LogP contribution in [0.4, 0.5) is 14.9 Å². The molecule has 0 unspecified atom stereocenters. The molecule has 1 aliphatic carbocycles. The molecule has 1 N–H and O–H groups in total. The van der Waals surface area contributed by atoms with Crippen molar-refractivity contribution >= 4 is 28.5 Å². The van der Waals surface area contributed by atoms with Crippen molar-refractivity contribution in [1.82, 2.24) is 20.0 Å². The van der Waals surface area contributed by atoms with Gasteiger partial charge >= 0.3 is 6.03 Å². The van der Waals surface area contributed by atoms with E-state index in [-0.39, 0.29) is 36.4 Å². The molecule has 6 rings (SSSR count). The topological polar surface area (TPSA) is 79.7 Å². The lowest BCUT2D eigenvalue weighted by molar-refractivity contribution is -0.123. The monoisotopic (exact) mass is 527 g/mol. The molecular weight excluding hydrogens is 497 g/mol. The number of ether oxygens (including phenoxy) is 1. The zero-order valence-electron chi connectivity index (χ0n) is 21.5. The number of fused-ring (bicyclic) bond motifs is 1. The first-order chi connectivity index (χ1) is 19.1. The van der Waals surface area contributed by atoms with Crippen molar-refractivity contribution in [1.29, 1.82) is 0 Å². The minimum Gasteiger partial charge on any atom is -0.371 e. The lowest BCUT2D eigenvalue weighted by atomic mass is 10.2. The van der Waals surface area contributed by atoms with Crippen LogP contribution in [-0.4, -0.2) is 58.4 Å². The number of anilines is 1. The Morgan fingerprint density at radius 2 is 1.77 bits per heavy atom. The standard InChI is InChI=1S/C30H30FN5O3/c31-23-10-4-5-12-27(23)36-26-14-7-13-25(22(26)18-32-36)35-17-16-34(30(35)38)19-29(37)33-24-11-6-15-28(24)39-20-21-8-2-1-3-9-21/h1-5,7-10,12-14,18,24,28H,6,11,15-17,19-20H2,(H,33,37)/t24-,28-/m0/s1. The maximum Gasteiger partial charge on any atom is 0.325 e. The van der Waals surface area contributed by atoms with E-state index < -0.39 is 0 Å². The Balaban J connectivity index is 1.10. The van der Waals surface area contributed by atoms with Gasteiger partial charge in [-0.15, -0.1) is 0 Å². The molecule has 3 aromatic carbocycles. The van der Waals surface area contributed by atoms with E-state index in [0.29, 0.717) is 36.6 Å². The summed E-state index contributed by atoms with van der Waals surface area (Å²) in [5.74, 6) is -0.562. The molecule has 200 valence electrons. The normalized spacial score (nSPS) is 19.3. The van der Waals surface area contributed by atoms with Crippen LogP contribution in [0.1, 0.15) is 24.8 Å². The van der Waals surface area contributed by atoms with Crippen LogP contribution >= 0.6 is 0 Å². The zero-order valence-corrected chi connectivity index (χ0v) is 21.5. The Morgan fingerprint density at radius 1 is 0.974 bits per heavy atom. The van der Waals surface area contributed by atoms with Gasteiger partial charge in [-0.2, -0.15) is 5.10 Å². The zero-order chi connectivity index (χ0) is 26.8. The number of nitrogens with zero attached hydrogens (tertiary/aromatic N) is 4. The minimum atomic E-state index is -0.377. The van der Waals surface area contributed by atoms with E-state index in [4.69, 9.17) is 4.74 Å². The van der Waals surface area contributed by atoms with Crippen LogP contribution in [-0.2, 0) is 16.1 Å². The van der Waals surface area contributed by atoms with Gasteiger partial charge in [-0.25, -0.2) is 13.9 Å². The summed E-state index contributed by atoms with van der Waals surface area (Å²) in [4.78, 5) is 29.5. The van der Waals surface area contributed by atoms with Crippen LogP contribution in [0.25, 0.3) is 16.6 Å². The largest absolute Gasteiger partial charge is 0.371 e. The number of aromatic nitrogens is 2. The van der Waals surface area contributed by atoms with Crippen LogP contribution in [0.5, 0.6) is 0 Å². The quantitative estimate of drug-likeness (QED) is 0.362.